The fourth-order valence-corrected chi connectivity index (χ4v) is 6.42. The van der Waals surface area contributed by atoms with E-state index >= 15 is 0 Å². The summed E-state index contributed by atoms with van der Waals surface area (Å²) in [6.07, 6.45) is 5.66. The van der Waals surface area contributed by atoms with Gasteiger partial charge < -0.3 is 19.1 Å². The highest BCUT2D eigenvalue weighted by molar-refractivity contribution is 5.95. The highest BCUT2D eigenvalue weighted by atomic mass is 16.5. The maximum absolute atomic E-state index is 11.8. The van der Waals surface area contributed by atoms with Gasteiger partial charge in [0.15, 0.2) is 5.82 Å². The molecule has 7 rings (SSSR count). The molecule has 5 aromatic rings. The number of rotatable bonds is 5. The highest BCUT2D eigenvalue weighted by Gasteiger charge is 2.29. The molecule has 0 saturated carbocycles. The molecule has 2 aliphatic rings. The van der Waals surface area contributed by atoms with E-state index in [2.05, 4.69) is 52.5 Å². The number of aryl methyl sites for hydroxylation is 2. The minimum Gasteiger partial charge on any atom is -0.377 e. The Morgan fingerprint density at radius 1 is 0.977 bits per heavy atom. The van der Waals surface area contributed by atoms with Gasteiger partial charge in [-0.3, -0.25) is 9.48 Å². The third-order valence-electron chi connectivity index (χ3n) is 8.73. The van der Waals surface area contributed by atoms with Crippen molar-refractivity contribution < 1.29 is 14.1 Å². The lowest BCUT2D eigenvalue weighted by molar-refractivity contribution is -0.130. The Bertz CT molecular complexity index is 1750. The molecule has 0 radical (unpaired) electrons. The topological polar surface area (TPSA) is 102 Å². The Kier molecular flexibility index (Phi) is 7.14. The van der Waals surface area contributed by atoms with Crippen molar-refractivity contribution in [3.63, 3.8) is 0 Å². The lowest BCUT2D eigenvalue weighted by Gasteiger charge is -2.37. The maximum Gasteiger partial charge on any atom is 0.219 e. The minimum atomic E-state index is 0.0119. The van der Waals surface area contributed by atoms with E-state index in [4.69, 9.17) is 24.3 Å². The number of aromatic nitrogens is 5. The summed E-state index contributed by atoms with van der Waals surface area (Å²) < 4.78 is 13.5. The number of hydrogen-bond donors (Lipinski definition) is 0. The van der Waals surface area contributed by atoms with Gasteiger partial charge >= 0.3 is 0 Å². The quantitative estimate of drug-likeness (QED) is 0.269. The first-order valence-corrected chi connectivity index (χ1v) is 14.9. The Labute approximate surface area is 250 Å². The van der Waals surface area contributed by atoms with E-state index in [9.17, 15) is 4.79 Å². The number of likely N-dealkylation sites (tertiary alicyclic amines) is 1. The number of ether oxygens (including phenoxy) is 1. The van der Waals surface area contributed by atoms with Crippen molar-refractivity contribution in [1.82, 2.24) is 29.8 Å². The maximum atomic E-state index is 11.8. The second-order valence-corrected chi connectivity index (χ2v) is 11.4. The Hall–Kier alpha value is -4.57. The van der Waals surface area contributed by atoms with Crippen molar-refractivity contribution >= 4 is 22.6 Å². The van der Waals surface area contributed by atoms with Gasteiger partial charge in [0.05, 0.1) is 48.3 Å². The molecule has 5 heterocycles. The first-order chi connectivity index (χ1) is 21.0. The number of carbonyl (C=O) groups excluding carboxylic acids is 1. The van der Waals surface area contributed by atoms with Crippen molar-refractivity contribution in [2.75, 3.05) is 37.7 Å². The summed E-state index contributed by atoms with van der Waals surface area (Å²) in [5.74, 6) is 2.42. The van der Waals surface area contributed by atoms with Gasteiger partial charge in [-0.05, 0) is 49.9 Å². The smallest absolute Gasteiger partial charge is 0.219 e. The molecule has 1 atom stereocenters. The Morgan fingerprint density at radius 3 is 2.53 bits per heavy atom. The number of benzene rings is 2. The van der Waals surface area contributed by atoms with E-state index in [-0.39, 0.29) is 18.0 Å². The molecule has 2 aromatic carbocycles. The fourth-order valence-electron chi connectivity index (χ4n) is 6.42. The Balaban J connectivity index is 1.32. The molecule has 10 nitrogen and oxygen atoms in total. The lowest BCUT2D eigenvalue weighted by Crippen LogP contribution is -2.40. The average molecular weight is 578 g/mol. The molecule has 0 bridgehead atoms. The van der Waals surface area contributed by atoms with Crippen LogP contribution in [0.3, 0.4) is 0 Å². The fraction of sp³-hybridized carbons (Fsp3) is 0.364. The van der Waals surface area contributed by atoms with Crippen LogP contribution in [0.25, 0.3) is 33.4 Å². The summed E-state index contributed by atoms with van der Waals surface area (Å²) in [5.41, 5.74) is 5.78. The number of anilines is 1. The first kappa shape index (κ1) is 27.3. The van der Waals surface area contributed by atoms with Crippen LogP contribution in [0.2, 0.25) is 0 Å². The van der Waals surface area contributed by atoms with Crippen LogP contribution in [-0.4, -0.2) is 68.6 Å². The molecular formula is C33H35N7O3. The summed E-state index contributed by atoms with van der Waals surface area (Å²) in [6, 6.07) is 17.0. The van der Waals surface area contributed by atoms with Crippen molar-refractivity contribution in [3.05, 3.63) is 77.9 Å². The minimum absolute atomic E-state index is 0.0119. The monoisotopic (exact) mass is 577 g/mol. The molecule has 3 aromatic heterocycles. The number of fused-ring (bicyclic) bond motifs is 1. The van der Waals surface area contributed by atoms with Crippen LogP contribution < -0.4 is 4.90 Å². The molecule has 2 saturated heterocycles. The zero-order valence-corrected chi connectivity index (χ0v) is 24.7. The van der Waals surface area contributed by atoms with Crippen LogP contribution in [-0.2, 0) is 9.53 Å². The lowest BCUT2D eigenvalue weighted by atomic mass is 10.0. The van der Waals surface area contributed by atoms with Gasteiger partial charge in [-0.25, -0.2) is 9.97 Å². The summed E-state index contributed by atoms with van der Waals surface area (Å²) >= 11 is 0. The third kappa shape index (κ3) is 5.16. The molecule has 0 unspecified atom stereocenters. The molecular weight excluding hydrogens is 542 g/mol. The van der Waals surface area contributed by atoms with Crippen molar-refractivity contribution in [3.8, 4) is 22.5 Å². The second-order valence-electron chi connectivity index (χ2n) is 11.4. The normalized spacial score (nSPS) is 18.0. The number of morpholine rings is 1. The van der Waals surface area contributed by atoms with Crippen LogP contribution in [0.15, 0.2) is 65.4 Å². The van der Waals surface area contributed by atoms with Gasteiger partial charge in [0.1, 0.15) is 11.6 Å². The summed E-state index contributed by atoms with van der Waals surface area (Å²) in [4.78, 5) is 26.4. The molecule has 220 valence electrons. The van der Waals surface area contributed by atoms with E-state index in [0.29, 0.717) is 25.6 Å². The zero-order valence-electron chi connectivity index (χ0n) is 24.7. The average Bonchev–Trinajstić information content (AvgIpc) is 3.67. The SMILES string of the molecule is CC(=O)N1CCC(n2cc(-c3nc(N4CCOC[C@@H]4c4ccccc4)c4cc(-c5c(C)noc5C)ccc4n3)cn2)CC1. The van der Waals surface area contributed by atoms with E-state index in [1.807, 2.05) is 41.9 Å². The number of carbonyl (C=O) groups is 1. The molecule has 0 spiro atoms. The van der Waals surface area contributed by atoms with Crippen LogP contribution in [0, 0.1) is 13.8 Å². The summed E-state index contributed by atoms with van der Waals surface area (Å²) in [5, 5.41) is 9.87. The number of piperidine rings is 1. The van der Waals surface area contributed by atoms with Gasteiger partial charge in [-0.2, -0.15) is 5.10 Å². The van der Waals surface area contributed by atoms with Gasteiger partial charge in [0.25, 0.3) is 0 Å². The first-order valence-electron chi connectivity index (χ1n) is 14.9. The van der Waals surface area contributed by atoms with E-state index in [1.54, 1.807) is 6.92 Å². The van der Waals surface area contributed by atoms with E-state index in [1.165, 1.54) is 5.56 Å². The molecule has 0 aliphatic carbocycles. The van der Waals surface area contributed by atoms with Crippen LogP contribution >= 0.6 is 0 Å². The molecule has 43 heavy (non-hydrogen) atoms. The molecule has 1 amide bonds. The van der Waals surface area contributed by atoms with Crippen molar-refractivity contribution in [2.24, 2.45) is 0 Å². The summed E-state index contributed by atoms with van der Waals surface area (Å²) in [7, 11) is 0. The van der Waals surface area contributed by atoms with Gasteiger partial charge in [-0.15, -0.1) is 0 Å². The van der Waals surface area contributed by atoms with Gasteiger partial charge in [0, 0.05) is 43.7 Å². The Morgan fingerprint density at radius 2 is 1.79 bits per heavy atom. The highest BCUT2D eigenvalue weighted by Crippen LogP contribution is 2.38. The second kappa shape index (κ2) is 11.3. The van der Waals surface area contributed by atoms with Gasteiger partial charge in [-0.1, -0.05) is 41.6 Å². The van der Waals surface area contributed by atoms with E-state index in [0.717, 1.165) is 70.8 Å². The van der Waals surface area contributed by atoms with E-state index < -0.39 is 0 Å². The van der Waals surface area contributed by atoms with Crippen molar-refractivity contribution in [2.45, 2.75) is 45.7 Å². The van der Waals surface area contributed by atoms with Crippen LogP contribution in [0.1, 0.15) is 48.9 Å². The molecule has 2 aliphatic heterocycles. The van der Waals surface area contributed by atoms with Gasteiger partial charge in [0.2, 0.25) is 5.91 Å². The number of hydrogen-bond acceptors (Lipinski definition) is 8. The predicted molar refractivity (Wildman–Crippen MR) is 164 cm³/mol. The largest absolute Gasteiger partial charge is 0.377 e. The van der Waals surface area contributed by atoms with Crippen LogP contribution in [0.5, 0.6) is 0 Å². The summed E-state index contributed by atoms with van der Waals surface area (Å²) in [6.45, 7) is 8.93. The zero-order chi connectivity index (χ0) is 29.5. The van der Waals surface area contributed by atoms with Crippen LogP contribution in [0.4, 0.5) is 5.82 Å². The number of nitrogens with zero attached hydrogens (tertiary/aromatic N) is 7. The number of amides is 1. The third-order valence-corrected chi connectivity index (χ3v) is 8.73. The molecule has 0 N–H and O–H groups in total. The standard InChI is InChI=1S/C33H35N7O3/c1-21-31(22(2)43-37-21)25-9-10-29-28(17-25)33(39-15-16-42-20-30(39)24-7-5-4-6-8-24)36-32(35-29)26-18-34-40(19-26)27-11-13-38(14-12-27)23(3)41/h4-10,17-19,27,30H,11-16,20H2,1-3H3/t30-/m1/s1. The predicted octanol–water partition coefficient (Wildman–Crippen LogP) is 5.53. The van der Waals surface area contributed by atoms with Crippen molar-refractivity contribution in [1.29, 1.82) is 0 Å². The molecule has 2 fully saturated rings. The molecule has 10 heteroatoms.